The zero-order valence-electron chi connectivity index (χ0n) is 10.8. The Hall–Kier alpha value is -1.75. The van der Waals surface area contributed by atoms with Gasteiger partial charge >= 0.3 is 6.18 Å². The Morgan fingerprint density at radius 2 is 1.95 bits per heavy atom. The second kappa shape index (κ2) is 4.66. The smallest absolute Gasteiger partial charge is 0.398 e. The Morgan fingerprint density at radius 1 is 1.30 bits per heavy atom. The van der Waals surface area contributed by atoms with Crippen LogP contribution in [0.5, 0.6) is 0 Å². The molecule has 2 rings (SSSR count). The maximum Gasteiger partial charge on any atom is 0.419 e. The van der Waals surface area contributed by atoms with E-state index in [9.17, 15) is 17.7 Å². The molecule has 1 aromatic carbocycles. The lowest BCUT2D eigenvalue weighted by atomic mass is 10.3. The summed E-state index contributed by atoms with van der Waals surface area (Å²) in [5, 5.41) is 4.10. The largest absolute Gasteiger partial charge is 0.419 e. The minimum absolute atomic E-state index is 0.352. The van der Waals surface area contributed by atoms with Crippen molar-refractivity contribution in [3.63, 3.8) is 0 Å². The van der Waals surface area contributed by atoms with Gasteiger partial charge in [0.2, 0.25) is 0 Å². The van der Waals surface area contributed by atoms with Crippen molar-refractivity contribution in [3.8, 4) is 5.69 Å². The van der Waals surface area contributed by atoms with E-state index in [-0.39, 0.29) is 0 Å². The highest BCUT2D eigenvalue weighted by Gasteiger charge is 2.32. The van der Waals surface area contributed by atoms with E-state index in [0.717, 1.165) is 17.1 Å². The average molecular weight is 303 g/mol. The fourth-order valence-corrected chi connectivity index (χ4v) is 2.89. The van der Waals surface area contributed by atoms with Crippen molar-refractivity contribution in [1.82, 2.24) is 9.78 Å². The van der Waals surface area contributed by atoms with E-state index in [1.807, 2.05) is 0 Å². The number of nitrogen functional groups attached to an aromatic ring is 1. The molecule has 0 spiro atoms. The Bertz CT molecular complexity index is 687. The van der Waals surface area contributed by atoms with Gasteiger partial charge in [0.05, 0.1) is 17.4 Å². The highest BCUT2D eigenvalue weighted by molar-refractivity contribution is 7.70. The first kappa shape index (κ1) is 14.7. The van der Waals surface area contributed by atoms with Crippen molar-refractivity contribution in [2.75, 3.05) is 19.1 Å². The molecule has 2 N–H and O–H groups in total. The Labute approximate surface area is 113 Å². The topological polar surface area (TPSA) is 60.9 Å². The quantitative estimate of drug-likeness (QED) is 0.685. The number of hydrogen-bond donors (Lipinski definition) is 1. The third-order valence-electron chi connectivity index (χ3n) is 2.77. The van der Waals surface area contributed by atoms with Gasteiger partial charge in [0.1, 0.15) is 7.14 Å². The molecule has 0 unspecified atom stereocenters. The van der Waals surface area contributed by atoms with Crippen molar-refractivity contribution < 1.29 is 17.7 Å². The number of aromatic nitrogens is 2. The lowest BCUT2D eigenvalue weighted by Gasteiger charge is -2.12. The lowest BCUT2D eigenvalue weighted by Crippen LogP contribution is -2.11. The zero-order chi connectivity index (χ0) is 15.1. The Balaban J connectivity index is 2.49. The van der Waals surface area contributed by atoms with Gasteiger partial charge in [-0.2, -0.15) is 18.3 Å². The van der Waals surface area contributed by atoms with E-state index in [0.29, 0.717) is 16.7 Å². The number of benzene rings is 1. The minimum Gasteiger partial charge on any atom is -0.398 e. The van der Waals surface area contributed by atoms with Crippen LogP contribution in [-0.2, 0) is 10.7 Å². The molecule has 0 bridgehead atoms. The SMILES string of the molecule is CP(C)(=O)c1cc(-n2cc(C(F)(F)F)cn2)ccc1N. The number of hydrogen-bond acceptors (Lipinski definition) is 3. The van der Waals surface area contributed by atoms with Gasteiger partial charge in [0.15, 0.2) is 0 Å². The summed E-state index contributed by atoms with van der Waals surface area (Å²) in [7, 11) is -2.62. The molecule has 0 aliphatic heterocycles. The van der Waals surface area contributed by atoms with E-state index in [2.05, 4.69) is 5.10 Å². The number of halogens is 3. The molecule has 2 aromatic rings. The molecule has 0 radical (unpaired) electrons. The summed E-state index contributed by atoms with van der Waals surface area (Å²) in [6.07, 6.45) is -2.82. The lowest BCUT2D eigenvalue weighted by molar-refractivity contribution is -0.137. The van der Waals surface area contributed by atoms with E-state index < -0.39 is 18.9 Å². The van der Waals surface area contributed by atoms with Crippen LogP contribution in [0.15, 0.2) is 30.6 Å². The molecule has 20 heavy (non-hydrogen) atoms. The van der Waals surface area contributed by atoms with Crippen LogP contribution < -0.4 is 11.0 Å². The van der Waals surface area contributed by atoms with Gasteiger partial charge in [-0.05, 0) is 31.5 Å². The molecular formula is C12H13F3N3OP. The fraction of sp³-hybridized carbons (Fsp3) is 0.250. The van der Waals surface area contributed by atoms with Gasteiger partial charge in [-0.1, -0.05) is 0 Å². The van der Waals surface area contributed by atoms with Crippen LogP contribution in [0.4, 0.5) is 18.9 Å². The molecule has 0 aliphatic rings. The van der Waals surface area contributed by atoms with Gasteiger partial charge in [-0.3, -0.25) is 0 Å². The molecular weight excluding hydrogens is 290 g/mol. The van der Waals surface area contributed by atoms with Gasteiger partial charge in [0, 0.05) is 17.2 Å². The van der Waals surface area contributed by atoms with E-state index in [4.69, 9.17) is 5.73 Å². The molecule has 0 fully saturated rings. The first-order valence-electron chi connectivity index (χ1n) is 5.66. The van der Waals surface area contributed by atoms with Crippen molar-refractivity contribution in [2.45, 2.75) is 6.18 Å². The van der Waals surface area contributed by atoms with Crippen LogP contribution in [0, 0.1) is 0 Å². The highest BCUT2D eigenvalue weighted by Crippen LogP contribution is 2.37. The summed E-state index contributed by atoms with van der Waals surface area (Å²) >= 11 is 0. The molecule has 0 amide bonds. The summed E-state index contributed by atoms with van der Waals surface area (Å²) in [5.41, 5.74) is 5.64. The molecule has 108 valence electrons. The molecule has 8 heteroatoms. The first-order chi connectivity index (χ1) is 9.09. The molecule has 0 saturated heterocycles. The monoisotopic (exact) mass is 303 g/mol. The number of anilines is 1. The van der Waals surface area contributed by atoms with Crippen molar-refractivity contribution in [1.29, 1.82) is 0 Å². The molecule has 4 nitrogen and oxygen atoms in total. The maximum absolute atomic E-state index is 12.5. The van der Waals surface area contributed by atoms with E-state index in [1.54, 1.807) is 13.3 Å². The summed E-state index contributed by atoms with van der Waals surface area (Å²) in [6, 6.07) is 4.55. The van der Waals surface area contributed by atoms with E-state index in [1.165, 1.54) is 18.2 Å². The van der Waals surface area contributed by atoms with Gasteiger partial charge < -0.3 is 10.3 Å². The predicted octanol–water partition coefficient (Wildman–Crippen LogP) is 2.72. The van der Waals surface area contributed by atoms with Crippen LogP contribution in [0.1, 0.15) is 5.56 Å². The van der Waals surface area contributed by atoms with Gasteiger partial charge in [-0.15, -0.1) is 0 Å². The second-order valence-electron chi connectivity index (χ2n) is 4.77. The van der Waals surface area contributed by atoms with Gasteiger partial charge in [0.25, 0.3) is 0 Å². The number of nitrogens with two attached hydrogens (primary N) is 1. The summed E-state index contributed by atoms with van der Waals surface area (Å²) in [4.78, 5) is 0. The van der Waals surface area contributed by atoms with E-state index >= 15 is 0 Å². The fourth-order valence-electron chi connectivity index (χ4n) is 1.75. The van der Waals surface area contributed by atoms with Crippen molar-refractivity contribution in [3.05, 3.63) is 36.2 Å². The number of rotatable bonds is 2. The summed E-state index contributed by atoms with van der Waals surface area (Å²) in [5.74, 6) is 0. The maximum atomic E-state index is 12.5. The van der Waals surface area contributed by atoms with Gasteiger partial charge in [-0.25, -0.2) is 4.68 Å². The molecule has 0 atom stereocenters. The number of alkyl halides is 3. The number of nitrogens with zero attached hydrogens (tertiary/aromatic N) is 2. The summed E-state index contributed by atoms with van der Waals surface area (Å²) in [6.45, 7) is 3.10. The molecule has 0 aliphatic carbocycles. The van der Waals surface area contributed by atoms with Crippen molar-refractivity contribution >= 4 is 18.1 Å². The summed E-state index contributed by atoms with van der Waals surface area (Å²) < 4.78 is 50.8. The average Bonchev–Trinajstić information content (AvgIpc) is 2.77. The standard InChI is InChI=1S/C12H13F3N3OP/c1-20(2,19)11-5-9(3-4-10(11)16)18-7-8(6-17-18)12(13,14)15/h3-7H,16H2,1-2H3. The minimum atomic E-state index is -4.44. The molecule has 1 aromatic heterocycles. The van der Waals surface area contributed by atoms with Crippen LogP contribution in [0.2, 0.25) is 0 Å². The third-order valence-corrected chi connectivity index (χ3v) is 4.32. The van der Waals surface area contributed by atoms with Crippen LogP contribution >= 0.6 is 7.14 Å². The van der Waals surface area contributed by atoms with Crippen LogP contribution in [-0.4, -0.2) is 23.1 Å². The van der Waals surface area contributed by atoms with Crippen molar-refractivity contribution in [2.24, 2.45) is 0 Å². The molecule has 0 saturated carbocycles. The second-order valence-corrected chi connectivity index (χ2v) is 7.95. The first-order valence-corrected chi connectivity index (χ1v) is 8.26. The predicted molar refractivity (Wildman–Crippen MR) is 72.1 cm³/mol. The highest BCUT2D eigenvalue weighted by atomic mass is 31.2. The van der Waals surface area contributed by atoms with Crippen LogP contribution in [0.3, 0.4) is 0 Å². The normalized spacial score (nSPS) is 12.7. The van der Waals surface area contributed by atoms with Crippen LogP contribution in [0.25, 0.3) is 5.69 Å². The zero-order valence-corrected chi connectivity index (χ0v) is 11.7. The Kier molecular flexibility index (Phi) is 3.42. The molecule has 1 heterocycles. The Morgan fingerprint density at radius 3 is 2.45 bits per heavy atom. The third kappa shape index (κ3) is 2.88.